The summed E-state index contributed by atoms with van der Waals surface area (Å²) in [5.41, 5.74) is -2.04. The zero-order valence-electron chi connectivity index (χ0n) is 19.2. The average Bonchev–Trinajstić information content (AvgIpc) is 3.23. The number of alkyl halides is 6. The first-order valence-corrected chi connectivity index (χ1v) is 13.2. The van der Waals surface area contributed by atoms with Gasteiger partial charge in [-0.2, -0.15) is 26.3 Å². The molecule has 0 saturated carbocycles. The predicted molar refractivity (Wildman–Crippen MR) is 129 cm³/mol. The molecule has 0 saturated heterocycles. The Labute approximate surface area is 208 Å². The lowest BCUT2D eigenvalue weighted by molar-refractivity contribution is -0.254. The molecule has 0 nitrogen and oxygen atoms in total. The molecule has 0 aromatic carbocycles. The van der Waals surface area contributed by atoms with Crippen molar-refractivity contribution in [1.82, 2.24) is 0 Å². The highest BCUT2D eigenvalue weighted by atomic mass is 32.1. The van der Waals surface area contributed by atoms with Gasteiger partial charge in [-0.25, -0.2) is 0 Å². The second-order valence-electron chi connectivity index (χ2n) is 9.17. The highest BCUT2D eigenvalue weighted by molar-refractivity contribution is 7.13. The Kier molecular flexibility index (Phi) is 5.93. The molecule has 0 bridgehead atoms. The fourth-order valence-corrected chi connectivity index (χ4v) is 7.39. The van der Waals surface area contributed by atoms with Gasteiger partial charge in [0.15, 0.2) is 0 Å². The third kappa shape index (κ3) is 3.51. The highest BCUT2D eigenvalue weighted by Crippen LogP contribution is 2.66. The van der Waals surface area contributed by atoms with Gasteiger partial charge < -0.3 is 0 Å². The first kappa shape index (κ1) is 24.5. The molecular formula is C27H22F6S2. The van der Waals surface area contributed by atoms with Crippen molar-refractivity contribution in [3.63, 3.8) is 0 Å². The number of halogens is 6. The lowest BCUT2D eigenvalue weighted by atomic mass is 9.87. The number of allylic oxidation sites excluding steroid dienone is 2. The van der Waals surface area contributed by atoms with Crippen LogP contribution < -0.4 is 0 Å². The Morgan fingerprint density at radius 1 is 0.629 bits per heavy atom. The lowest BCUT2D eigenvalue weighted by Gasteiger charge is -2.26. The normalized spacial score (nSPS) is 21.9. The Morgan fingerprint density at radius 2 is 1.03 bits per heavy atom. The van der Waals surface area contributed by atoms with Crippen molar-refractivity contribution >= 4 is 33.8 Å². The monoisotopic (exact) mass is 524 g/mol. The van der Waals surface area contributed by atoms with Gasteiger partial charge in [0.1, 0.15) is 0 Å². The van der Waals surface area contributed by atoms with Crippen molar-refractivity contribution in [2.45, 2.75) is 83.0 Å². The summed E-state index contributed by atoms with van der Waals surface area (Å²) in [6.45, 7) is 3.05. The quantitative estimate of drug-likeness (QED) is 0.273. The van der Waals surface area contributed by atoms with Crippen LogP contribution >= 0.6 is 22.7 Å². The lowest BCUT2D eigenvalue weighted by Crippen LogP contribution is -2.49. The van der Waals surface area contributed by atoms with Crippen LogP contribution in [0, 0.1) is 37.5 Å². The summed E-state index contributed by atoms with van der Waals surface area (Å²) in [4.78, 5) is 1.62. The SMILES string of the molecule is Cc1sc2c(c1C1=C(c3c(C)sc4c3CCCCC#C4)C(F)(F)C(F)(F)C1(F)F)CCCCC#C2. The highest BCUT2D eigenvalue weighted by Gasteiger charge is 2.80. The van der Waals surface area contributed by atoms with E-state index in [2.05, 4.69) is 23.7 Å². The summed E-state index contributed by atoms with van der Waals surface area (Å²) in [6, 6.07) is 0. The Morgan fingerprint density at radius 3 is 1.43 bits per heavy atom. The number of rotatable bonds is 2. The van der Waals surface area contributed by atoms with Crippen molar-refractivity contribution in [3.8, 4) is 23.7 Å². The zero-order chi connectivity index (χ0) is 25.2. The molecule has 184 valence electrons. The Balaban J connectivity index is 1.90. The molecule has 0 spiro atoms. The smallest absolute Gasteiger partial charge is 0.194 e. The molecule has 2 aromatic heterocycles. The van der Waals surface area contributed by atoms with Crippen LogP contribution in [0.5, 0.6) is 0 Å². The van der Waals surface area contributed by atoms with Crippen LogP contribution in [-0.4, -0.2) is 17.8 Å². The Bertz CT molecular complexity index is 1260. The molecule has 8 heteroatoms. The van der Waals surface area contributed by atoms with Crippen LogP contribution in [0.1, 0.15) is 80.3 Å². The van der Waals surface area contributed by atoms with Gasteiger partial charge in [0.25, 0.3) is 0 Å². The topological polar surface area (TPSA) is 0 Å². The van der Waals surface area contributed by atoms with E-state index in [1.54, 1.807) is 0 Å². The average molecular weight is 525 g/mol. The molecule has 3 aliphatic rings. The van der Waals surface area contributed by atoms with Gasteiger partial charge >= 0.3 is 17.8 Å². The van der Waals surface area contributed by atoms with Gasteiger partial charge in [-0.15, -0.1) is 22.7 Å². The van der Waals surface area contributed by atoms with Gasteiger partial charge in [-0.1, -0.05) is 23.7 Å². The van der Waals surface area contributed by atoms with E-state index < -0.39 is 28.9 Å². The third-order valence-corrected chi connectivity index (χ3v) is 9.02. The van der Waals surface area contributed by atoms with E-state index in [1.165, 1.54) is 13.8 Å². The molecule has 5 rings (SSSR count). The van der Waals surface area contributed by atoms with Crippen molar-refractivity contribution in [2.75, 3.05) is 0 Å². The van der Waals surface area contributed by atoms with Crippen molar-refractivity contribution in [3.05, 3.63) is 41.8 Å². The van der Waals surface area contributed by atoms with Gasteiger partial charge in [0.2, 0.25) is 0 Å². The summed E-state index contributed by atoms with van der Waals surface area (Å²) in [5.74, 6) is -3.79. The standard InChI is InChI=1S/C27H22F6S2/c1-15-21(17-11-7-3-5-9-13-19(17)34-15)23-24(26(30,31)27(32,33)25(23,28)29)22-16(2)35-20-14-10-6-4-8-12-18(20)22/h3-8,11-12H2,1-2H3. The fraction of sp³-hybridized carbons (Fsp3) is 0.481. The first-order chi connectivity index (χ1) is 16.5. The molecule has 3 aliphatic carbocycles. The van der Waals surface area contributed by atoms with E-state index >= 15 is 26.3 Å². The van der Waals surface area contributed by atoms with Gasteiger partial charge in [-0.05, 0) is 63.5 Å². The first-order valence-electron chi connectivity index (χ1n) is 11.6. The van der Waals surface area contributed by atoms with Crippen LogP contribution in [0.15, 0.2) is 0 Å². The molecule has 0 radical (unpaired) electrons. The molecule has 0 N–H and O–H groups in total. The van der Waals surface area contributed by atoms with Gasteiger partial charge in [0.05, 0.1) is 9.75 Å². The Hall–Kier alpha value is -2.16. The van der Waals surface area contributed by atoms with E-state index in [9.17, 15) is 0 Å². The van der Waals surface area contributed by atoms with Gasteiger partial charge in [-0.3, -0.25) is 0 Å². The minimum Gasteiger partial charge on any atom is -0.194 e. The zero-order valence-corrected chi connectivity index (χ0v) is 20.9. The number of fused-ring (bicyclic) bond motifs is 2. The van der Waals surface area contributed by atoms with Crippen LogP contribution in [0.4, 0.5) is 26.3 Å². The van der Waals surface area contributed by atoms with E-state index in [0.29, 0.717) is 69.2 Å². The molecular weight excluding hydrogens is 502 g/mol. The van der Waals surface area contributed by atoms with E-state index in [4.69, 9.17) is 0 Å². The maximum absolute atomic E-state index is 15.6. The summed E-state index contributed by atoms with van der Waals surface area (Å²) in [7, 11) is 0. The maximum Gasteiger partial charge on any atom is 0.380 e. The molecule has 0 unspecified atom stereocenters. The summed E-state index contributed by atoms with van der Waals surface area (Å²) in [6.07, 6.45) is 4.65. The molecule has 0 fully saturated rings. The van der Waals surface area contributed by atoms with E-state index in [-0.39, 0.29) is 11.1 Å². The molecule has 0 atom stereocenters. The van der Waals surface area contributed by atoms with Crippen molar-refractivity contribution < 1.29 is 26.3 Å². The molecule has 2 heterocycles. The molecule has 0 aliphatic heterocycles. The van der Waals surface area contributed by atoms with Crippen molar-refractivity contribution in [2.24, 2.45) is 0 Å². The fourth-order valence-electron chi connectivity index (χ4n) is 5.22. The van der Waals surface area contributed by atoms with E-state index in [1.807, 2.05) is 0 Å². The largest absolute Gasteiger partial charge is 0.380 e. The van der Waals surface area contributed by atoms with Crippen LogP contribution in [0.2, 0.25) is 0 Å². The summed E-state index contributed by atoms with van der Waals surface area (Å²) >= 11 is 2.23. The van der Waals surface area contributed by atoms with Crippen LogP contribution in [0.25, 0.3) is 11.1 Å². The molecule has 35 heavy (non-hydrogen) atoms. The van der Waals surface area contributed by atoms with Crippen LogP contribution in [0.3, 0.4) is 0 Å². The second-order valence-corrected chi connectivity index (χ2v) is 11.6. The predicted octanol–water partition coefficient (Wildman–Crippen LogP) is 8.41. The molecule has 2 aromatic rings. The number of aryl methyl sites for hydroxylation is 2. The van der Waals surface area contributed by atoms with Crippen molar-refractivity contribution in [1.29, 1.82) is 0 Å². The maximum atomic E-state index is 15.6. The molecule has 0 amide bonds. The minimum atomic E-state index is -5.56. The summed E-state index contributed by atoms with van der Waals surface area (Å²) < 4.78 is 92.4. The second kappa shape index (κ2) is 8.46. The van der Waals surface area contributed by atoms with Gasteiger partial charge in [0, 0.05) is 44.9 Å². The third-order valence-electron chi connectivity index (χ3n) is 6.89. The van der Waals surface area contributed by atoms with E-state index in [0.717, 1.165) is 35.5 Å². The summed E-state index contributed by atoms with van der Waals surface area (Å²) in [5, 5.41) is 0. The number of thiophene rings is 2. The number of hydrogen-bond acceptors (Lipinski definition) is 2. The minimum absolute atomic E-state index is 0.172. The van der Waals surface area contributed by atoms with Crippen LogP contribution in [-0.2, 0) is 12.8 Å². The number of hydrogen-bond donors (Lipinski definition) is 0.